The Hall–Kier alpha value is -0.670. The van der Waals surface area contributed by atoms with Crippen molar-refractivity contribution in [1.29, 1.82) is 0 Å². The van der Waals surface area contributed by atoms with Crippen LogP contribution in [0.1, 0.15) is 39.5 Å². The number of rotatable bonds is 6. The number of hydrogen-bond donors (Lipinski definition) is 4. The number of ether oxygens (including phenoxy) is 1. The number of aliphatic hydroxyl groups excluding tert-OH is 2. The van der Waals surface area contributed by atoms with Crippen LogP contribution in [-0.2, 0) is 14.3 Å². The lowest BCUT2D eigenvalue weighted by Crippen LogP contribution is -2.60. The Bertz CT molecular complexity index is 470. The molecule has 2 aliphatic rings. The summed E-state index contributed by atoms with van der Waals surface area (Å²) < 4.78 is 5.78. The Labute approximate surface area is 153 Å². The van der Waals surface area contributed by atoms with Crippen molar-refractivity contribution in [3.8, 4) is 0 Å². The molecule has 0 aromatic heterocycles. The monoisotopic (exact) mass is 374 g/mol. The highest BCUT2D eigenvalue weighted by Gasteiger charge is 2.43. The van der Waals surface area contributed by atoms with Crippen LogP contribution in [0, 0.1) is 5.92 Å². The zero-order chi connectivity index (χ0) is 18.6. The Balaban J connectivity index is 1.79. The number of nitrogens with one attached hydrogen (secondary N) is 1. The third-order valence-electron chi connectivity index (χ3n) is 5.17. The van der Waals surface area contributed by atoms with Gasteiger partial charge in [-0.05, 0) is 38.5 Å². The number of amides is 1. The maximum Gasteiger partial charge on any atom is 0.217 e. The average Bonchev–Trinajstić information content (AvgIpc) is 2.57. The van der Waals surface area contributed by atoms with Gasteiger partial charge >= 0.3 is 0 Å². The molecule has 1 saturated carbocycles. The molecule has 5 N–H and O–H groups in total. The summed E-state index contributed by atoms with van der Waals surface area (Å²) >= 11 is 1.75. The number of carbonyl (C=O) groups is 2. The Morgan fingerprint density at radius 2 is 1.84 bits per heavy atom. The molecule has 8 heteroatoms. The van der Waals surface area contributed by atoms with Gasteiger partial charge in [0.05, 0.1) is 24.8 Å². The van der Waals surface area contributed by atoms with Gasteiger partial charge in [0.1, 0.15) is 18.0 Å². The smallest absolute Gasteiger partial charge is 0.217 e. The van der Waals surface area contributed by atoms with E-state index in [4.69, 9.17) is 10.5 Å². The van der Waals surface area contributed by atoms with E-state index in [9.17, 15) is 19.8 Å². The molecule has 25 heavy (non-hydrogen) atoms. The van der Waals surface area contributed by atoms with E-state index in [2.05, 4.69) is 5.32 Å². The molecule has 1 heterocycles. The van der Waals surface area contributed by atoms with Crippen molar-refractivity contribution in [2.24, 2.45) is 11.7 Å². The number of aliphatic hydroxyl groups is 2. The molecule has 2 fully saturated rings. The van der Waals surface area contributed by atoms with Crippen LogP contribution in [0.25, 0.3) is 0 Å². The predicted molar refractivity (Wildman–Crippen MR) is 96.2 cm³/mol. The molecule has 0 bridgehead atoms. The average molecular weight is 375 g/mol. The van der Waals surface area contributed by atoms with Crippen molar-refractivity contribution in [3.63, 3.8) is 0 Å². The van der Waals surface area contributed by atoms with Gasteiger partial charge in [0.25, 0.3) is 0 Å². The molecule has 0 aromatic carbocycles. The molecule has 144 valence electrons. The first kappa shape index (κ1) is 20.6. The lowest BCUT2D eigenvalue weighted by Gasteiger charge is -2.43. The summed E-state index contributed by atoms with van der Waals surface area (Å²) in [5, 5.41) is 23.7. The van der Waals surface area contributed by atoms with Crippen LogP contribution in [0.15, 0.2) is 0 Å². The van der Waals surface area contributed by atoms with Gasteiger partial charge in [-0.15, -0.1) is 0 Å². The minimum absolute atomic E-state index is 0.0163. The lowest BCUT2D eigenvalue weighted by molar-refractivity contribution is -0.172. The van der Waals surface area contributed by atoms with Crippen LogP contribution in [0.5, 0.6) is 0 Å². The molecular formula is C17H30N2O5S. The van der Waals surface area contributed by atoms with Crippen LogP contribution < -0.4 is 11.1 Å². The number of hydrogen-bond acceptors (Lipinski definition) is 7. The quantitative estimate of drug-likeness (QED) is 0.509. The van der Waals surface area contributed by atoms with Crippen molar-refractivity contribution in [2.75, 3.05) is 12.4 Å². The van der Waals surface area contributed by atoms with Crippen LogP contribution in [-0.4, -0.2) is 69.9 Å². The van der Waals surface area contributed by atoms with Gasteiger partial charge in [-0.25, -0.2) is 0 Å². The third kappa shape index (κ3) is 5.65. The number of carbonyl (C=O) groups excluding carboxylic acids is 2. The number of ketones is 1. The fraction of sp³-hybridized carbons (Fsp3) is 0.882. The fourth-order valence-electron chi connectivity index (χ4n) is 3.59. The van der Waals surface area contributed by atoms with Crippen LogP contribution in [0.4, 0.5) is 0 Å². The van der Waals surface area contributed by atoms with Gasteiger partial charge in [-0.3, -0.25) is 9.59 Å². The van der Waals surface area contributed by atoms with Gasteiger partial charge in [0, 0.05) is 17.9 Å². The van der Waals surface area contributed by atoms with Crippen molar-refractivity contribution < 1.29 is 24.5 Å². The van der Waals surface area contributed by atoms with Gasteiger partial charge in [0.15, 0.2) is 0 Å². The van der Waals surface area contributed by atoms with Crippen LogP contribution >= 0.6 is 11.8 Å². The van der Waals surface area contributed by atoms with E-state index >= 15 is 0 Å². The zero-order valence-electron chi connectivity index (χ0n) is 14.9. The second-order valence-corrected chi connectivity index (χ2v) is 8.51. The fourth-order valence-corrected chi connectivity index (χ4v) is 4.91. The van der Waals surface area contributed by atoms with Crippen molar-refractivity contribution in [2.45, 2.75) is 75.2 Å². The summed E-state index contributed by atoms with van der Waals surface area (Å²) in [4.78, 5) is 22.3. The molecule has 1 aliphatic heterocycles. The molecule has 1 aliphatic carbocycles. The summed E-state index contributed by atoms with van der Waals surface area (Å²) in [7, 11) is 0. The topological polar surface area (TPSA) is 122 Å². The Morgan fingerprint density at radius 3 is 2.40 bits per heavy atom. The van der Waals surface area contributed by atoms with E-state index < -0.39 is 30.4 Å². The van der Waals surface area contributed by atoms with E-state index in [-0.39, 0.29) is 24.2 Å². The molecule has 2 unspecified atom stereocenters. The summed E-state index contributed by atoms with van der Waals surface area (Å²) in [5.41, 5.74) is 5.78. The second-order valence-electron chi connectivity index (χ2n) is 7.17. The molecule has 1 saturated heterocycles. The highest BCUT2D eigenvalue weighted by atomic mass is 32.2. The minimum atomic E-state index is -1.01. The zero-order valence-corrected chi connectivity index (χ0v) is 15.7. The van der Waals surface area contributed by atoms with Gasteiger partial charge in [-0.2, -0.15) is 11.8 Å². The molecule has 0 aromatic rings. The summed E-state index contributed by atoms with van der Waals surface area (Å²) in [5.74, 6) is 0.605. The molecular weight excluding hydrogens is 344 g/mol. The Morgan fingerprint density at radius 1 is 1.20 bits per heavy atom. The molecule has 1 amide bonds. The summed E-state index contributed by atoms with van der Waals surface area (Å²) in [6.07, 6.45) is 1.38. The summed E-state index contributed by atoms with van der Waals surface area (Å²) in [6, 6.07) is -0.962. The first-order chi connectivity index (χ1) is 11.8. The Kier molecular flexibility index (Phi) is 7.69. The van der Waals surface area contributed by atoms with Crippen LogP contribution in [0.2, 0.25) is 0 Å². The van der Waals surface area contributed by atoms with E-state index in [1.807, 2.05) is 0 Å². The second kappa shape index (κ2) is 9.32. The number of nitrogens with two attached hydrogens (primary N) is 1. The normalized spacial score (nSPS) is 37.3. The first-order valence-electron chi connectivity index (χ1n) is 8.92. The third-order valence-corrected chi connectivity index (χ3v) is 6.67. The molecule has 0 spiro atoms. The maximum atomic E-state index is 11.2. The van der Waals surface area contributed by atoms with E-state index in [0.717, 1.165) is 25.7 Å². The highest BCUT2D eigenvalue weighted by Crippen LogP contribution is 2.37. The number of thioether (sulfide) groups is 1. The minimum Gasteiger partial charge on any atom is -0.388 e. The molecule has 0 radical (unpaired) electrons. The van der Waals surface area contributed by atoms with Gasteiger partial charge in [-0.1, -0.05) is 0 Å². The van der Waals surface area contributed by atoms with E-state index in [1.54, 1.807) is 11.8 Å². The standard InChI is InChI=1S/C17H30N2O5S/c1-9(20)13(18)8-25-12-5-3-11(4-6-12)17-16(23)15(22)14(7-24-17)19-10(2)21/h11-17,22-23H,3-8,18H2,1-2H3,(H,19,21)/t11?,12?,13?,14-,15-,16-,17?/m1/s1. The van der Waals surface area contributed by atoms with E-state index in [1.165, 1.54) is 13.8 Å². The molecule has 2 rings (SSSR count). The van der Waals surface area contributed by atoms with Crippen LogP contribution in [0.3, 0.4) is 0 Å². The van der Waals surface area contributed by atoms with Crippen molar-refractivity contribution in [1.82, 2.24) is 5.32 Å². The largest absolute Gasteiger partial charge is 0.388 e. The number of Topliss-reactive ketones (excluding diaryl/α,β-unsaturated/α-hetero) is 1. The first-order valence-corrected chi connectivity index (χ1v) is 9.97. The molecule has 5 atom stereocenters. The lowest BCUT2D eigenvalue weighted by atomic mass is 9.80. The molecule has 7 nitrogen and oxygen atoms in total. The SMILES string of the molecule is CC(=O)N[C@@H]1COC(C2CCC(SCC(N)C(C)=O)CC2)[C@H](O)[C@@H]1O. The van der Waals surface area contributed by atoms with Crippen molar-refractivity contribution >= 4 is 23.5 Å². The van der Waals surface area contributed by atoms with Crippen molar-refractivity contribution in [3.05, 3.63) is 0 Å². The maximum absolute atomic E-state index is 11.2. The van der Waals surface area contributed by atoms with Gasteiger partial charge in [0.2, 0.25) is 5.91 Å². The van der Waals surface area contributed by atoms with E-state index in [0.29, 0.717) is 11.0 Å². The predicted octanol–water partition coefficient (Wildman–Crippen LogP) is -0.180. The summed E-state index contributed by atoms with van der Waals surface area (Å²) in [6.45, 7) is 3.11. The van der Waals surface area contributed by atoms with Gasteiger partial charge < -0.3 is 26.0 Å². The highest BCUT2D eigenvalue weighted by molar-refractivity contribution is 7.99.